The zero-order valence-corrected chi connectivity index (χ0v) is 22.2. The Labute approximate surface area is 227 Å². The fourth-order valence-electron chi connectivity index (χ4n) is 3.96. The van der Waals surface area contributed by atoms with Crippen molar-refractivity contribution in [3.63, 3.8) is 0 Å². The molecule has 212 valence electrons. The standard InChI is InChI=1S/C24H26N6O10/c1-12(31)37-11-18-19(38-13(2)32)20(39-14(3)33)22(40-18)30-21(23(34)36-5)25-24(27-30)29-10-17(26-28-29)15-6-8-16(35-4)9-7-15/h6-10,18-20,22H,11H2,1-5H3/t18-,19-,20-,22-/m1/s1. The largest absolute Gasteiger partial charge is 0.497 e. The van der Waals surface area contributed by atoms with Crippen molar-refractivity contribution >= 4 is 23.9 Å². The summed E-state index contributed by atoms with van der Waals surface area (Å²) in [5.41, 5.74) is 1.20. The number of carbonyl (C=O) groups excluding carboxylic acids is 4. The van der Waals surface area contributed by atoms with Gasteiger partial charge in [0, 0.05) is 26.3 Å². The summed E-state index contributed by atoms with van der Waals surface area (Å²) in [5, 5.41) is 12.5. The minimum atomic E-state index is -1.34. The molecule has 0 aliphatic carbocycles. The van der Waals surface area contributed by atoms with Gasteiger partial charge in [-0.15, -0.1) is 10.2 Å². The molecule has 1 aromatic carbocycles. The molecule has 1 saturated heterocycles. The molecule has 3 heterocycles. The Morgan fingerprint density at radius 2 is 1.62 bits per heavy atom. The molecule has 0 saturated carbocycles. The van der Waals surface area contributed by atoms with Crippen LogP contribution in [-0.2, 0) is 38.1 Å². The number of benzene rings is 1. The van der Waals surface area contributed by atoms with Gasteiger partial charge in [0.1, 0.15) is 24.2 Å². The van der Waals surface area contributed by atoms with Crippen LogP contribution in [0.4, 0.5) is 0 Å². The lowest BCUT2D eigenvalue weighted by Crippen LogP contribution is -2.41. The first-order chi connectivity index (χ1) is 19.1. The Bertz CT molecular complexity index is 1400. The van der Waals surface area contributed by atoms with Gasteiger partial charge in [-0.3, -0.25) is 14.4 Å². The SMILES string of the molecule is COC(=O)c1nc(-n2cc(-c3ccc(OC)cc3)nn2)nn1[C@@H]1O[C@H](COC(C)=O)[C@@H](OC(C)=O)[C@H]1OC(C)=O. The van der Waals surface area contributed by atoms with Gasteiger partial charge in [0.05, 0.1) is 20.4 Å². The van der Waals surface area contributed by atoms with E-state index in [1.165, 1.54) is 17.8 Å². The number of methoxy groups -OCH3 is 2. The van der Waals surface area contributed by atoms with Crippen LogP contribution in [0, 0.1) is 0 Å². The quantitative estimate of drug-likeness (QED) is 0.263. The molecule has 1 aliphatic heterocycles. The first-order valence-electron chi connectivity index (χ1n) is 11.9. The average molecular weight is 559 g/mol. The number of ether oxygens (including phenoxy) is 6. The van der Waals surface area contributed by atoms with Crippen molar-refractivity contribution in [2.24, 2.45) is 0 Å². The first kappa shape index (κ1) is 28.2. The lowest BCUT2D eigenvalue weighted by Gasteiger charge is -2.23. The summed E-state index contributed by atoms with van der Waals surface area (Å²) in [7, 11) is 2.70. The van der Waals surface area contributed by atoms with E-state index in [0.717, 1.165) is 31.2 Å². The second kappa shape index (κ2) is 11.9. The van der Waals surface area contributed by atoms with Crippen molar-refractivity contribution in [3.8, 4) is 23.0 Å². The maximum Gasteiger partial charge on any atom is 0.376 e. The van der Waals surface area contributed by atoms with E-state index in [4.69, 9.17) is 28.4 Å². The van der Waals surface area contributed by atoms with Crippen molar-refractivity contribution < 1.29 is 47.6 Å². The fraction of sp³-hybridized carbons (Fsp3) is 0.417. The van der Waals surface area contributed by atoms with Gasteiger partial charge in [0.2, 0.25) is 5.82 Å². The second-order valence-electron chi connectivity index (χ2n) is 8.46. The van der Waals surface area contributed by atoms with Crippen LogP contribution in [0.25, 0.3) is 17.2 Å². The van der Waals surface area contributed by atoms with Crippen LogP contribution in [0.3, 0.4) is 0 Å². The Balaban J connectivity index is 1.74. The zero-order chi connectivity index (χ0) is 29.0. The monoisotopic (exact) mass is 558 g/mol. The number of rotatable bonds is 9. The van der Waals surface area contributed by atoms with E-state index < -0.39 is 48.4 Å². The fourth-order valence-corrected chi connectivity index (χ4v) is 3.96. The smallest absolute Gasteiger partial charge is 0.376 e. The first-order valence-corrected chi connectivity index (χ1v) is 11.9. The molecule has 3 aromatic rings. The summed E-state index contributed by atoms with van der Waals surface area (Å²) in [6.07, 6.45) is -3.39. The predicted molar refractivity (Wildman–Crippen MR) is 130 cm³/mol. The molecule has 0 bridgehead atoms. The molecule has 4 rings (SSSR count). The molecule has 0 radical (unpaired) electrons. The molecule has 1 fully saturated rings. The number of nitrogens with zero attached hydrogens (tertiary/aromatic N) is 6. The van der Waals surface area contributed by atoms with Gasteiger partial charge < -0.3 is 28.4 Å². The van der Waals surface area contributed by atoms with Crippen molar-refractivity contribution in [1.29, 1.82) is 0 Å². The Hall–Kier alpha value is -4.86. The summed E-state index contributed by atoms with van der Waals surface area (Å²) < 4.78 is 34.1. The molecule has 1 aliphatic rings. The molecule has 2 aromatic heterocycles. The predicted octanol–water partition coefficient (Wildman–Crippen LogP) is 0.645. The highest BCUT2D eigenvalue weighted by atomic mass is 16.7. The lowest BCUT2D eigenvalue weighted by atomic mass is 10.1. The maximum absolute atomic E-state index is 12.7. The molecule has 16 nitrogen and oxygen atoms in total. The number of hydrogen-bond donors (Lipinski definition) is 0. The highest BCUT2D eigenvalue weighted by Crippen LogP contribution is 2.35. The van der Waals surface area contributed by atoms with Crippen LogP contribution in [-0.4, -0.2) is 92.8 Å². The van der Waals surface area contributed by atoms with E-state index in [1.54, 1.807) is 31.4 Å². The summed E-state index contributed by atoms with van der Waals surface area (Å²) in [6.45, 7) is 3.14. The van der Waals surface area contributed by atoms with E-state index in [2.05, 4.69) is 20.4 Å². The molecule has 0 spiro atoms. The second-order valence-corrected chi connectivity index (χ2v) is 8.46. The number of hydrogen-bond acceptors (Lipinski definition) is 14. The molecule has 0 unspecified atom stereocenters. The summed E-state index contributed by atoms with van der Waals surface area (Å²) in [6, 6.07) is 7.09. The van der Waals surface area contributed by atoms with E-state index in [9.17, 15) is 19.2 Å². The molecule has 40 heavy (non-hydrogen) atoms. The molecule has 0 N–H and O–H groups in total. The van der Waals surface area contributed by atoms with Crippen LogP contribution in [0.2, 0.25) is 0 Å². The van der Waals surface area contributed by atoms with Gasteiger partial charge >= 0.3 is 23.9 Å². The highest BCUT2D eigenvalue weighted by molar-refractivity contribution is 5.85. The normalized spacial score (nSPS) is 20.0. The van der Waals surface area contributed by atoms with E-state index >= 15 is 0 Å². The Kier molecular flexibility index (Phi) is 8.37. The summed E-state index contributed by atoms with van der Waals surface area (Å²) >= 11 is 0. The molecule has 4 atom stereocenters. The van der Waals surface area contributed by atoms with Gasteiger partial charge in [-0.25, -0.2) is 9.48 Å². The summed E-state index contributed by atoms with van der Waals surface area (Å²) in [5.74, 6) is -2.72. The minimum Gasteiger partial charge on any atom is -0.497 e. The van der Waals surface area contributed by atoms with Gasteiger partial charge in [-0.1, -0.05) is 5.21 Å². The number of esters is 4. The van der Waals surface area contributed by atoms with E-state index in [-0.39, 0.29) is 18.4 Å². The summed E-state index contributed by atoms with van der Waals surface area (Å²) in [4.78, 5) is 52.2. The van der Waals surface area contributed by atoms with Gasteiger partial charge in [0.15, 0.2) is 18.4 Å². The van der Waals surface area contributed by atoms with Gasteiger partial charge in [-0.2, -0.15) is 9.67 Å². The zero-order valence-electron chi connectivity index (χ0n) is 22.2. The number of aromatic nitrogens is 6. The highest BCUT2D eigenvalue weighted by Gasteiger charge is 2.52. The Morgan fingerprint density at radius 1 is 0.950 bits per heavy atom. The molecular weight excluding hydrogens is 532 g/mol. The minimum absolute atomic E-state index is 0.0923. The Morgan fingerprint density at radius 3 is 2.23 bits per heavy atom. The van der Waals surface area contributed by atoms with Crippen molar-refractivity contribution in [2.75, 3.05) is 20.8 Å². The molecule has 16 heteroatoms. The molecule has 0 amide bonds. The van der Waals surface area contributed by atoms with E-state index in [0.29, 0.717) is 11.4 Å². The third kappa shape index (κ3) is 6.06. The average Bonchev–Trinajstić information content (AvgIpc) is 3.65. The van der Waals surface area contributed by atoms with Crippen LogP contribution in [0.15, 0.2) is 30.5 Å². The molecular formula is C24H26N6O10. The van der Waals surface area contributed by atoms with Crippen LogP contribution >= 0.6 is 0 Å². The van der Waals surface area contributed by atoms with E-state index in [1.807, 2.05) is 0 Å². The number of carbonyl (C=O) groups is 4. The van der Waals surface area contributed by atoms with Crippen molar-refractivity contribution in [2.45, 2.75) is 45.3 Å². The van der Waals surface area contributed by atoms with Crippen LogP contribution in [0.1, 0.15) is 37.6 Å². The van der Waals surface area contributed by atoms with Gasteiger partial charge in [-0.05, 0) is 24.3 Å². The maximum atomic E-state index is 12.7. The van der Waals surface area contributed by atoms with Crippen LogP contribution in [0.5, 0.6) is 5.75 Å². The lowest BCUT2D eigenvalue weighted by molar-refractivity contribution is -0.166. The topological polar surface area (TPSA) is 185 Å². The van der Waals surface area contributed by atoms with Crippen molar-refractivity contribution in [3.05, 3.63) is 36.3 Å². The third-order valence-corrected chi connectivity index (χ3v) is 5.65. The third-order valence-electron chi connectivity index (χ3n) is 5.65. The van der Waals surface area contributed by atoms with Gasteiger partial charge in [0.25, 0.3) is 5.95 Å². The van der Waals surface area contributed by atoms with Crippen molar-refractivity contribution in [1.82, 2.24) is 29.8 Å². The van der Waals surface area contributed by atoms with Crippen LogP contribution < -0.4 is 4.74 Å².